The van der Waals surface area contributed by atoms with Gasteiger partial charge in [-0.05, 0) is 26.9 Å². The lowest BCUT2D eigenvalue weighted by Gasteiger charge is -2.29. The lowest BCUT2D eigenvalue weighted by atomic mass is 10.2. The molecule has 1 fully saturated rings. The highest BCUT2D eigenvalue weighted by atomic mass is 33.1. The van der Waals surface area contributed by atoms with Crippen LogP contribution in [0.2, 0.25) is 0 Å². The minimum absolute atomic E-state index is 0.341. The van der Waals surface area contributed by atoms with Crippen molar-refractivity contribution in [2.75, 3.05) is 32.9 Å². The van der Waals surface area contributed by atoms with Crippen LogP contribution in [0, 0.1) is 0 Å². The third kappa shape index (κ3) is 5.53. The van der Waals surface area contributed by atoms with Crippen LogP contribution in [0.1, 0.15) is 32.6 Å². The predicted molar refractivity (Wildman–Crippen MR) is 78.2 cm³/mol. The summed E-state index contributed by atoms with van der Waals surface area (Å²) in [6, 6.07) is 0. The SMILES string of the molecule is CCCCC(=O)N(CCN(C)C)C1CCSS1. The highest BCUT2D eigenvalue weighted by Crippen LogP contribution is 2.39. The number of carbonyl (C=O) groups is 1. The minimum Gasteiger partial charge on any atom is -0.329 e. The van der Waals surface area contributed by atoms with Gasteiger partial charge in [-0.25, -0.2) is 0 Å². The molecule has 0 N–H and O–H groups in total. The molecule has 0 saturated carbocycles. The fourth-order valence-corrected chi connectivity index (χ4v) is 4.65. The number of rotatable bonds is 7. The first-order valence-corrected chi connectivity index (χ1v) is 8.75. The van der Waals surface area contributed by atoms with Gasteiger partial charge in [-0.2, -0.15) is 0 Å². The molecule has 5 heteroatoms. The van der Waals surface area contributed by atoms with Crippen molar-refractivity contribution in [1.82, 2.24) is 9.80 Å². The van der Waals surface area contributed by atoms with Crippen LogP contribution >= 0.6 is 21.6 Å². The molecule has 1 saturated heterocycles. The molecule has 0 aromatic carbocycles. The Balaban J connectivity index is 2.47. The summed E-state index contributed by atoms with van der Waals surface area (Å²) in [5.74, 6) is 1.52. The molecule has 0 spiro atoms. The standard InChI is InChI=1S/C12H24N2OS2/c1-4-5-6-11(15)14(9-8-13(2)3)12-7-10-16-17-12/h12H,4-10H2,1-3H3. The minimum atomic E-state index is 0.341. The molecule has 0 radical (unpaired) electrons. The third-order valence-corrected chi connectivity index (χ3v) is 5.65. The van der Waals surface area contributed by atoms with Crippen molar-refractivity contribution >= 4 is 27.5 Å². The second kappa shape index (κ2) is 8.27. The van der Waals surface area contributed by atoms with E-state index < -0.39 is 0 Å². The number of hydrogen-bond acceptors (Lipinski definition) is 4. The second-order valence-corrected chi connectivity index (χ2v) is 7.32. The van der Waals surface area contributed by atoms with Crippen molar-refractivity contribution in [3.8, 4) is 0 Å². The van der Waals surface area contributed by atoms with E-state index in [1.807, 2.05) is 21.6 Å². The summed E-state index contributed by atoms with van der Waals surface area (Å²) in [5.41, 5.74) is 0. The van der Waals surface area contributed by atoms with E-state index in [1.54, 1.807) is 0 Å². The molecular weight excluding hydrogens is 252 g/mol. The van der Waals surface area contributed by atoms with Crippen molar-refractivity contribution in [3.63, 3.8) is 0 Å². The Morgan fingerprint density at radius 2 is 2.12 bits per heavy atom. The smallest absolute Gasteiger partial charge is 0.223 e. The van der Waals surface area contributed by atoms with Gasteiger partial charge in [0, 0.05) is 25.3 Å². The van der Waals surface area contributed by atoms with Gasteiger partial charge in [0.25, 0.3) is 0 Å². The highest BCUT2D eigenvalue weighted by molar-refractivity contribution is 8.77. The van der Waals surface area contributed by atoms with E-state index in [-0.39, 0.29) is 0 Å². The van der Waals surface area contributed by atoms with E-state index in [2.05, 4.69) is 30.8 Å². The summed E-state index contributed by atoms with van der Waals surface area (Å²) in [4.78, 5) is 16.4. The first kappa shape index (κ1) is 15.2. The number of carbonyl (C=O) groups excluding carboxylic acids is 1. The van der Waals surface area contributed by atoms with E-state index >= 15 is 0 Å². The van der Waals surface area contributed by atoms with Gasteiger partial charge in [0.1, 0.15) is 0 Å². The van der Waals surface area contributed by atoms with E-state index in [0.29, 0.717) is 17.7 Å². The molecule has 1 atom stereocenters. The molecule has 0 bridgehead atoms. The summed E-state index contributed by atoms with van der Waals surface area (Å²) in [5, 5.41) is 0.407. The number of likely N-dealkylation sites (N-methyl/N-ethyl adjacent to an activating group) is 1. The van der Waals surface area contributed by atoms with Gasteiger partial charge < -0.3 is 9.80 Å². The summed E-state index contributed by atoms with van der Waals surface area (Å²) < 4.78 is 0. The van der Waals surface area contributed by atoms with Crippen LogP contribution in [-0.4, -0.2) is 54.0 Å². The van der Waals surface area contributed by atoms with Gasteiger partial charge in [-0.1, -0.05) is 34.9 Å². The van der Waals surface area contributed by atoms with Gasteiger partial charge >= 0.3 is 0 Å². The average molecular weight is 276 g/mol. The highest BCUT2D eigenvalue weighted by Gasteiger charge is 2.27. The van der Waals surface area contributed by atoms with Crippen molar-refractivity contribution in [2.45, 2.75) is 38.0 Å². The Kier molecular flexibility index (Phi) is 7.39. The molecule has 17 heavy (non-hydrogen) atoms. The molecule has 1 unspecified atom stereocenters. The molecule has 1 rings (SSSR count). The maximum atomic E-state index is 12.2. The fraction of sp³-hybridized carbons (Fsp3) is 0.917. The Labute approximate surface area is 113 Å². The van der Waals surface area contributed by atoms with Crippen LogP contribution < -0.4 is 0 Å². The lowest BCUT2D eigenvalue weighted by Crippen LogP contribution is -2.41. The molecule has 1 amide bonds. The van der Waals surface area contributed by atoms with E-state index in [9.17, 15) is 4.79 Å². The third-order valence-electron chi connectivity index (χ3n) is 2.83. The van der Waals surface area contributed by atoms with Gasteiger partial charge in [0.15, 0.2) is 0 Å². The summed E-state index contributed by atoms with van der Waals surface area (Å²) in [6.45, 7) is 3.96. The van der Waals surface area contributed by atoms with Crippen LogP contribution in [0.3, 0.4) is 0 Å². The van der Waals surface area contributed by atoms with E-state index in [1.165, 1.54) is 5.75 Å². The Hall–Kier alpha value is 0.130. The van der Waals surface area contributed by atoms with Crippen molar-refractivity contribution in [2.24, 2.45) is 0 Å². The van der Waals surface area contributed by atoms with Crippen LogP contribution in [0.25, 0.3) is 0 Å². The molecule has 3 nitrogen and oxygen atoms in total. The largest absolute Gasteiger partial charge is 0.329 e. The normalized spacial score (nSPS) is 19.9. The van der Waals surface area contributed by atoms with Gasteiger partial charge in [0.05, 0.1) is 5.37 Å². The van der Waals surface area contributed by atoms with Crippen LogP contribution in [0.15, 0.2) is 0 Å². The molecule has 1 heterocycles. The topological polar surface area (TPSA) is 23.6 Å². The molecule has 0 aromatic rings. The number of nitrogens with zero attached hydrogens (tertiary/aromatic N) is 2. The summed E-state index contributed by atoms with van der Waals surface area (Å²) in [7, 11) is 7.88. The van der Waals surface area contributed by atoms with Crippen molar-refractivity contribution < 1.29 is 4.79 Å². The first-order valence-electron chi connectivity index (χ1n) is 6.37. The zero-order valence-electron chi connectivity index (χ0n) is 11.1. The van der Waals surface area contributed by atoms with Gasteiger partial charge in [-0.15, -0.1) is 0 Å². The Morgan fingerprint density at radius 3 is 2.65 bits per heavy atom. The fourth-order valence-electron chi connectivity index (χ4n) is 1.74. The summed E-state index contributed by atoms with van der Waals surface area (Å²) >= 11 is 0. The van der Waals surface area contributed by atoms with Gasteiger partial charge in [0.2, 0.25) is 5.91 Å². The molecular formula is C12H24N2OS2. The Morgan fingerprint density at radius 1 is 1.35 bits per heavy atom. The monoisotopic (exact) mass is 276 g/mol. The summed E-state index contributed by atoms with van der Waals surface area (Å²) in [6.07, 6.45) is 3.97. The maximum Gasteiger partial charge on any atom is 0.223 e. The number of amides is 1. The van der Waals surface area contributed by atoms with Crippen molar-refractivity contribution in [1.29, 1.82) is 0 Å². The van der Waals surface area contributed by atoms with E-state index in [0.717, 1.165) is 32.4 Å². The quantitative estimate of drug-likeness (QED) is 0.667. The second-order valence-electron chi connectivity index (χ2n) is 4.66. The van der Waals surface area contributed by atoms with Gasteiger partial charge in [-0.3, -0.25) is 4.79 Å². The van der Waals surface area contributed by atoms with E-state index in [4.69, 9.17) is 0 Å². The Bertz CT molecular complexity index is 231. The van der Waals surface area contributed by atoms with Crippen LogP contribution in [0.5, 0.6) is 0 Å². The average Bonchev–Trinajstić information content (AvgIpc) is 2.79. The van der Waals surface area contributed by atoms with Crippen LogP contribution in [0.4, 0.5) is 0 Å². The van der Waals surface area contributed by atoms with Crippen LogP contribution in [-0.2, 0) is 4.79 Å². The number of unbranched alkanes of at least 4 members (excludes halogenated alkanes) is 1. The zero-order valence-corrected chi connectivity index (χ0v) is 12.8. The molecule has 1 aliphatic heterocycles. The number of hydrogen-bond donors (Lipinski definition) is 0. The zero-order chi connectivity index (χ0) is 12.7. The predicted octanol–water partition coefficient (Wildman–Crippen LogP) is 2.68. The molecule has 0 aromatic heterocycles. The molecule has 1 aliphatic rings. The maximum absolute atomic E-state index is 12.2. The molecule has 0 aliphatic carbocycles. The first-order chi connectivity index (χ1) is 8.15. The lowest BCUT2D eigenvalue weighted by molar-refractivity contribution is -0.132. The van der Waals surface area contributed by atoms with Crippen molar-refractivity contribution in [3.05, 3.63) is 0 Å². The molecule has 100 valence electrons.